The second-order valence-corrected chi connectivity index (χ2v) is 5.61. The number of rotatable bonds is 3. The van der Waals surface area contributed by atoms with E-state index in [0.717, 1.165) is 25.2 Å². The normalized spacial score (nSPS) is 22.6. The number of anilines is 1. The lowest BCUT2D eigenvalue weighted by molar-refractivity contribution is -0.385. The highest BCUT2D eigenvalue weighted by Crippen LogP contribution is 2.30. The Bertz CT molecular complexity index is 534. The second-order valence-electron chi connectivity index (χ2n) is 5.61. The van der Waals surface area contributed by atoms with Gasteiger partial charge in [-0.2, -0.15) is 0 Å². The number of carbonyl (C=O) groups is 1. The number of nitro benzene ring substituents is 1. The van der Waals surface area contributed by atoms with Crippen LogP contribution in [-0.4, -0.2) is 29.1 Å². The van der Waals surface area contributed by atoms with E-state index in [4.69, 9.17) is 5.11 Å². The van der Waals surface area contributed by atoms with E-state index in [0.29, 0.717) is 11.8 Å². The van der Waals surface area contributed by atoms with Crippen LogP contribution in [0.2, 0.25) is 0 Å². The minimum Gasteiger partial charge on any atom is -0.477 e. The summed E-state index contributed by atoms with van der Waals surface area (Å²) in [7, 11) is 0. The molecule has 6 heteroatoms. The van der Waals surface area contributed by atoms with Crippen LogP contribution in [-0.2, 0) is 0 Å². The monoisotopic (exact) mass is 278 g/mol. The Balaban J connectivity index is 2.36. The maximum atomic E-state index is 11.2. The van der Waals surface area contributed by atoms with E-state index in [-0.39, 0.29) is 11.3 Å². The van der Waals surface area contributed by atoms with Gasteiger partial charge in [-0.3, -0.25) is 10.1 Å². The molecular formula is C14H18N2O4. The van der Waals surface area contributed by atoms with Crippen molar-refractivity contribution in [3.63, 3.8) is 0 Å². The molecule has 1 aromatic rings. The van der Waals surface area contributed by atoms with Crippen LogP contribution >= 0.6 is 0 Å². The average Bonchev–Trinajstić information content (AvgIpc) is 2.36. The molecule has 0 aliphatic carbocycles. The molecule has 6 nitrogen and oxygen atoms in total. The Morgan fingerprint density at radius 3 is 2.45 bits per heavy atom. The van der Waals surface area contributed by atoms with Crippen LogP contribution in [0.4, 0.5) is 11.4 Å². The lowest BCUT2D eigenvalue weighted by Gasteiger charge is -2.36. The van der Waals surface area contributed by atoms with Crippen LogP contribution in [0, 0.1) is 22.0 Å². The highest BCUT2D eigenvalue weighted by molar-refractivity contribution is 5.93. The van der Waals surface area contributed by atoms with E-state index < -0.39 is 10.9 Å². The van der Waals surface area contributed by atoms with Gasteiger partial charge in [-0.1, -0.05) is 13.8 Å². The van der Waals surface area contributed by atoms with Crippen molar-refractivity contribution in [3.8, 4) is 0 Å². The smallest absolute Gasteiger partial charge is 0.342 e. The average molecular weight is 278 g/mol. The largest absolute Gasteiger partial charge is 0.477 e. The van der Waals surface area contributed by atoms with Gasteiger partial charge in [-0.25, -0.2) is 4.79 Å². The quantitative estimate of drug-likeness (QED) is 0.679. The summed E-state index contributed by atoms with van der Waals surface area (Å²) in [5.74, 6) is -0.207. The summed E-state index contributed by atoms with van der Waals surface area (Å²) in [4.78, 5) is 23.5. The molecule has 108 valence electrons. The molecule has 0 amide bonds. The van der Waals surface area contributed by atoms with Crippen molar-refractivity contribution in [1.82, 2.24) is 0 Å². The summed E-state index contributed by atoms with van der Waals surface area (Å²) in [6.07, 6.45) is 1.15. The van der Waals surface area contributed by atoms with Crippen LogP contribution < -0.4 is 4.90 Å². The third kappa shape index (κ3) is 2.89. The third-order valence-corrected chi connectivity index (χ3v) is 3.64. The molecule has 0 radical (unpaired) electrons. The Morgan fingerprint density at radius 2 is 1.95 bits per heavy atom. The van der Waals surface area contributed by atoms with Crippen LogP contribution in [0.15, 0.2) is 18.2 Å². The molecule has 1 N–H and O–H groups in total. The number of nitro groups is 1. The summed E-state index contributed by atoms with van der Waals surface area (Å²) in [5.41, 5.74) is 0.129. The highest BCUT2D eigenvalue weighted by atomic mass is 16.6. The fraction of sp³-hybridized carbons (Fsp3) is 0.500. The van der Waals surface area contributed by atoms with E-state index in [1.807, 2.05) is 0 Å². The highest BCUT2D eigenvalue weighted by Gasteiger charge is 2.25. The molecule has 2 unspecified atom stereocenters. The number of carboxylic acid groups (broad SMARTS) is 1. The number of piperidine rings is 1. The van der Waals surface area contributed by atoms with Crippen molar-refractivity contribution in [2.45, 2.75) is 20.3 Å². The Hall–Kier alpha value is -2.11. The standard InChI is InChI=1S/C14H18N2O4/c1-9-5-10(2)8-15(7-9)11-3-4-13(16(19)20)12(6-11)14(17)18/h3-4,6,9-10H,5,7-8H2,1-2H3,(H,17,18). The molecule has 0 saturated carbocycles. The molecule has 1 aliphatic heterocycles. The molecule has 1 aromatic carbocycles. The van der Waals surface area contributed by atoms with Gasteiger partial charge in [0.15, 0.2) is 0 Å². The molecule has 0 bridgehead atoms. The molecule has 1 heterocycles. The molecule has 20 heavy (non-hydrogen) atoms. The van der Waals surface area contributed by atoms with Gasteiger partial charge in [0.05, 0.1) is 4.92 Å². The maximum Gasteiger partial charge on any atom is 0.342 e. The molecule has 2 rings (SSSR count). The summed E-state index contributed by atoms with van der Waals surface area (Å²) >= 11 is 0. The number of hydrogen-bond donors (Lipinski definition) is 1. The fourth-order valence-corrected chi connectivity index (χ4v) is 2.92. The van der Waals surface area contributed by atoms with Crippen LogP contribution in [0.25, 0.3) is 0 Å². The summed E-state index contributed by atoms with van der Waals surface area (Å²) in [5, 5.41) is 20.0. The van der Waals surface area contributed by atoms with Gasteiger partial charge in [0.2, 0.25) is 0 Å². The first-order chi connectivity index (χ1) is 9.38. The minimum absolute atomic E-state index is 0.252. The number of nitrogens with zero attached hydrogens (tertiary/aromatic N) is 2. The molecule has 2 atom stereocenters. The molecule has 1 aliphatic rings. The maximum absolute atomic E-state index is 11.2. The van der Waals surface area contributed by atoms with E-state index in [2.05, 4.69) is 18.7 Å². The van der Waals surface area contributed by atoms with Crippen molar-refractivity contribution in [1.29, 1.82) is 0 Å². The Kier molecular flexibility index (Phi) is 3.92. The Morgan fingerprint density at radius 1 is 1.35 bits per heavy atom. The third-order valence-electron chi connectivity index (χ3n) is 3.64. The van der Waals surface area contributed by atoms with Crippen molar-refractivity contribution in [2.24, 2.45) is 11.8 Å². The Labute approximate surface area is 117 Å². The fourth-order valence-electron chi connectivity index (χ4n) is 2.92. The molecule has 1 fully saturated rings. The van der Waals surface area contributed by atoms with E-state index in [1.165, 1.54) is 12.1 Å². The van der Waals surface area contributed by atoms with Crippen molar-refractivity contribution in [3.05, 3.63) is 33.9 Å². The first kappa shape index (κ1) is 14.3. The van der Waals surface area contributed by atoms with Crippen molar-refractivity contribution < 1.29 is 14.8 Å². The summed E-state index contributed by atoms with van der Waals surface area (Å²) < 4.78 is 0. The zero-order valence-corrected chi connectivity index (χ0v) is 11.6. The van der Waals surface area contributed by atoms with Gasteiger partial charge in [0.25, 0.3) is 5.69 Å². The summed E-state index contributed by atoms with van der Waals surface area (Å²) in [6, 6.07) is 4.32. The van der Waals surface area contributed by atoms with Gasteiger partial charge >= 0.3 is 5.97 Å². The number of benzene rings is 1. The SMILES string of the molecule is CC1CC(C)CN(c2ccc([N+](=O)[O-])c(C(=O)O)c2)C1. The van der Waals surface area contributed by atoms with Crippen LogP contribution in [0.3, 0.4) is 0 Å². The zero-order valence-electron chi connectivity index (χ0n) is 11.6. The van der Waals surface area contributed by atoms with Crippen molar-refractivity contribution >= 4 is 17.3 Å². The first-order valence-corrected chi connectivity index (χ1v) is 6.65. The predicted octanol–water partition coefficient (Wildman–Crippen LogP) is 2.78. The first-order valence-electron chi connectivity index (χ1n) is 6.65. The topological polar surface area (TPSA) is 83.7 Å². The van der Waals surface area contributed by atoms with Gasteiger partial charge in [-0.15, -0.1) is 0 Å². The van der Waals surface area contributed by atoms with E-state index in [1.54, 1.807) is 6.07 Å². The number of aromatic carboxylic acids is 1. The number of hydrogen-bond acceptors (Lipinski definition) is 4. The molecule has 0 spiro atoms. The summed E-state index contributed by atoms with van der Waals surface area (Å²) in [6.45, 7) is 6.01. The van der Waals surface area contributed by atoms with Crippen LogP contribution in [0.5, 0.6) is 0 Å². The van der Waals surface area contributed by atoms with Gasteiger partial charge in [0, 0.05) is 24.8 Å². The van der Waals surface area contributed by atoms with Gasteiger partial charge < -0.3 is 10.0 Å². The molecule has 0 aromatic heterocycles. The van der Waals surface area contributed by atoms with Gasteiger partial charge in [0.1, 0.15) is 5.56 Å². The van der Waals surface area contributed by atoms with E-state index in [9.17, 15) is 14.9 Å². The van der Waals surface area contributed by atoms with Crippen molar-refractivity contribution in [2.75, 3.05) is 18.0 Å². The predicted molar refractivity (Wildman–Crippen MR) is 75.2 cm³/mol. The lowest BCUT2D eigenvalue weighted by Crippen LogP contribution is -2.38. The van der Waals surface area contributed by atoms with Crippen LogP contribution in [0.1, 0.15) is 30.6 Å². The molecular weight excluding hydrogens is 260 g/mol. The lowest BCUT2D eigenvalue weighted by atomic mass is 9.91. The van der Waals surface area contributed by atoms with E-state index >= 15 is 0 Å². The zero-order chi connectivity index (χ0) is 14.9. The minimum atomic E-state index is -1.27. The molecule has 1 saturated heterocycles. The number of carboxylic acids is 1. The van der Waals surface area contributed by atoms with Gasteiger partial charge in [-0.05, 0) is 30.4 Å². The second kappa shape index (κ2) is 5.48.